The molecule has 0 saturated carbocycles. The van der Waals surface area contributed by atoms with Crippen molar-refractivity contribution in [2.24, 2.45) is 0 Å². The Balaban J connectivity index is 1.22. The molecule has 0 fully saturated rings. The van der Waals surface area contributed by atoms with Crippen molar-refractivity contribution >= 4 is 67.4 Å². The molecular weight excluding hydrogens is 759 g/mol. The number of aromatic nitrogens is 1. The Labute approximate surface area is 371 Å². The van der Waals surface area contributed by atoms with Crippen LogP contribution < -0.4 is 15.8 Å². The molecule has 2 aliphatic heterocycles. The molecule has 0 saturated heterocycles. The van der Waals surface area contributed by atoms with Crippen LogP contribution in [0.3, 0.4) is 0 Å². The van der Waals surface area contributed by atoms with Crippen molar-refractivity contribution in [2.75, 3.05) is 4.90 Å². The van der Waals surface area contributed by atoms with Gasteiger partial charge < -0.3 is 9.38 Å². The van der Waals surface area contributed by atoms with Crippen molar-refractivity contribution in [3.63, 3.8) is 0 Å². The summed E-state index contributed by atoms with van der Waals surface area (Å²) in [6, 6.07) is 58.8. The largest absolute Gasteiger partial charge is 0.375 e. The fraction of sp³-hybridized carbons (Fsp3) is 0.133. The van der Waals surface area contributed by atoms with Crippen LogP contribution in [0.5, 0.6) is 0 Å². The molecule has 9 aromatic carbocycles. The SMILES string of the molecule is Cc1cc(C)cc(-c2ccc(N3c4ccc(-c5cc(C)cc(C)c5)cc4B4c5c(cc(-c6cc(C)cc(C)c6)cc53)-c3cc(C)cc5c6cc(C)c7ccccc7c6n4c35)cc2)c1. The molecule has 2 nitrogen and oxygen atoms in total. The lowest BCUT2D eigenvalue weighted by atomic mass is 9.44. The van der Waals surface area contributed by atoms with Crippen molar-refractivity contribution < 1.29 is 0 Å². The third-order valence-electron chi connectivity index (χ3n) is 13.8. The monoisotopic (exact) mass is 808 g/mol. The molecule has 63 heavy (non-hydrogen) atoms. The molecule has 0 N–H and O–H groups in total. The minimum atomic E-state index is -0.0729. The van der Waals surface area contributed by atoms with Gasteiger partial charge in [-0.15, -0.1) is 0 Å². The minimum absolute atomic E-state index is 0.0729. The average molecular weight is 809 g/mol. The number of hydrogen-bond acceptors (Lipinski definition) is 1. The predicted molar refractivity (Wildman–Crippen MR) is 272 cm³/mol. The average Bonchev–Trinajstić information content (AvgIpc) is 3.57. The highest BCUT2D eigenvalue weighted by atomic mass is 15.2. The molecule has 0 spiro atoms. The standard InChI is InChI=1S/C60H49BN2/c1-34-19-35(2)23-44(22-34)42-13-16-48(17-14-42)62-56-18-15-43(45-24-36(3)20-37(4)25-45)32-55(56)61-58-51(31-47(33-57(58)62)46-26-38(5)21-39(6)27-46)52-28-40(7)29-53-54-30-41(8)49-11-9-10-12-50(49)59(54)63(61)60(52)53/h9-33H,1-8H3. The highest BCUT2D eigenvalue weighted by Crippen LogP contribution is 2.49. The number of aryl methyl sites for hydroxylation is 8. The summed E-state index contributed by atoms with van der Waals surface area (Å²) >= 11 is 0. The van der Waals surface area contributed by atoms with Crippen molar-refractivity contribution in [1.82, 2.24) is 4.48 Å². The van der Waals surface area contributed by atoms with Gasteiger partial charge in [0.05, 0.1) is 0 Å². The third-order valence-corrected chi connectivity index (χ3v) is 13.8. The molecule has 302 valence electrons. The third kappa shape index (κ3) is 5.79. The van der Waals surface area contributed by atoms with E-state index in [0.717, 1.165) is 5.69 Å². The molecule has 0 bridgehead atoms. The summed E-state index contributed by atoms with van der Waals surface area (Å²) in [6.45, 7) is 17.7. The molecule has 1 aromatic heterocycles. The van der Waals surface area contributed by atoms with E-state index in [9.17, 15) is 0 Å². The number of fused-ring (bicyclic) bond motifs is 9. The molecule has 0 unspecified atom stereocenters. The van der Waals surface area contributed by atoms with Gasteiger partial charge in [0, 0.05) is 49.8 Å². The molecule has 0 amide bonds. The molecule has 0 atom stereocenters. The highest BCUT2D eigenvalue weighted by molar-refractivity contribution is 6.90. The molecule has 0 radical (unpaired) electrons. The maximum absolute atomic E-state index is 2.74. The van der Waals surface area contributed by atoms with E-state index < -0.39 is 0 Å². The smallest absolute Gasteiger partial charge is 0.333 e. The molecule has 3 heteroatoms. The van der Waals surface area contributed by atoms with Crippen LogP contribution in [0, 0.1) is 55.4 Å². The Morgan fingerprint density at radius 1 is 0.349 bits per heavy atom. The van der Waals surface area contributed by atoms with E-state index >= 15 is 0 Å². The summed E-state index contributed by atoms with van der Waals surface area (Å²) < 4.78 is 2.74. The molecule has 2 aliphatic rings. The fourth-order valence-corrected chi connectivity index (χ4v) is 11.5. The summed E-state index contributed by atoms with van der Waals surface area (Å²) in [5.41, 5.74) is 29.2. The topological polar surface area (TPSA) is 8.17 Å². The molecular formula is C60H49BN2. The van der Waals surface area contributed by atoms with Crippen LogP contribution in [0.25, 0.3) is 77.1 Å². The Hall–Kier alpha value is -7.10. The quantitative estimate of drug-likeness (QED) is 0.161. The highest BCUT2D eigenvalue weighted by Gasteiger charge is 2.43. The van der Waals surface area contributed by atoms with Gasteiger partial charge in [0.1, 0.15) is 0 Å². The van der Waals surface area contributed by atoms with Gasteiger partial charge >= 0.3 is 6.85 Å². The van der Waals surface area contributed by atoms with Crippen molar-refractivity contribution in [1.29, 1.82) is 0 Å². The van der Waals surface area contributed by atoms with E-state index in [-0.39, 0.29) is 6.85 Å². The lowest BCUT2D eigenvalue weighted by Gasteiger charge is -2.41. The number of nitrogens with zero attached hydrogens (tertiary/aromatic N) is 2. The summed E-state index contributed by atoms with van der Waals surface area (Å²) in [4.78, 5) is 2.57. The van der Waals surface area contributed by atoms with Gasteiger partial charge in [0.25, 0.3) is 0 Å². The summed E-state index contributed by atoms with van der Waals surface area (Å²) in [7, 11) is 0. The number of anilines is 3. The van der Waals surface area contributed by atoms with Crippen LogP contribution in [0.2, 0.25) is 0 Å². The molecule has 3 heterocycles. The van der Waals surface area contributed by atoms with E-state index in [4.69, 9.17) is 0 Å². The van der Waals surface area contributed by atoms with E-state index in [1.165, 1.54) is 144 Å². The summed E-state index contributed by atoms with van der Waals surface area (Å²) in [5, 5.41) is 5.27. The maximum atomic E-state index is 2.74. The zero-order chi connectivity index (χ0) is 43.0. The lowest BCUT2D eigenvalue weighted by molar-refractivity contribution is 1.25. The zero-order valence-electron chi connectivity index (χ0n) is 37.4. The first-order valence-electron chi connectivity index (χ1n) is 22.4. The van der Waals surface area contributed by atoms with Gasteiger partial charge in [-0.05, 0) is 170 Å². The minimum Gasteiger partial charge on any atom is -0.375 e. The Bertz CT molecular complexity index is 3540. The van der Waals surface area contributed by atoms with Crippen LogP contribution >= 0.6 is 0 Å². The second-order valence-corrected chi connectivity index (χ2v) is 18.9. The van der Waals surface area contributed by atoms with Crippen LogP contribution in [-0.4, -0.2) is 11.3 Å². The second-order valence-electron chi connectivity index (χ2n) is 18.9. The Morgan fingerprint density at radius 3 is 1.51 bits per heavy atom. The van der Waals surface area contributed by atoms with Gasteiger partial charge in [0.2, 0.25) is 0 Å². The first-order chi connectivity index (χ1) is 30.5. The fourth-order valence-electron chi connectivity index (χ4n) is 11.5. The van der Waals surface area contributed by atoms with E-state index in [1.807, 2.05) is 0 Å². The van der Waals surface area contributed by atoms with Crippen molar-refractivity contribution in [3.05, 3.63) is 196 Å². The van der Waals surface area contributed by atoms with Crippen LogP contribution in [0.4, 0.5) is 17.1 Å². The van der Waals surface area contributed by atoms with E-state index in [1.54, 1.807) is 0 Å². The number of benzene rings is 9. The summed E-state index contributed by atoms with van der Waals surface area (Å²) in [5.74, 6) is 0. The van der Waals surface area contributed by atoms with Crippen molar-refractivity contribution in [2.45, 2.75) is 55.4 Å². The van der Waals surface area contributed by atoms with Crippen LogP contribution in [-0.2, 0) is 0 Å². The molecule has 0 aliphatic carbocycles. The first kappa shape index (κ1) is 37.6. The van der Waals surface area contributed by atoms with Gasteiger partial charge in [-0.25, -0.2) is 0 Å². The Kier molecular flexibility index (Phi) is 8.19. The maximum Gasteiger partial charge on any atom is 0.333 e. The molecule has 10 aromatic rings. The van der Waals surface area contributed by atoms with Crippen LogP contribution in [0.1, 0.15) is 44.5 Å². The zero-order valence-corrected chi connectivity index (χ0v) is 37.4. The Morgan fingerprint density at radius 2 is 0.873 bits per heavy atom. The molecule has 12 rings (SSSR count). The van der Waals surface area contributed by atoms with E-state index in [0.29, 0.717) is 0 Å². The number of rotatable bonds is 4. The summed E-state index contributed by atoms with van der Waals surface area (Å²) in [6.07, 6.45) is 0. The van der Waals surface area contributed by atoms with Gasteiger partial charge in [-0.2, -0.15) is 0 Å². The van der Waals surface area contributed by atoms with E-state index in [2.05, 4.69) is 216 Å². The van der Waals surface area contributed by atoms with Crippen molar-refractivity contribution in [3.8, 4) is 44.5 Å². The van der Waals surface area contributed by atoms with Gasteiger partial charge in [-0.1, -0.05) is 137 Å². The normalized spacial score (nSPS) is 12.7. The predicted octanol–water partition coefficient (Wildman–Crippen LogP) is 14.8. The first-order valence-corrected chi connectivity index (χ1v) is 22.4. The second kappa shape index (κ2) is 13.7. The lowest BCUT2D eigenvalue weighted by Crippen LogP contribution is -2.56. The number of hydrogen-bond donors (Lipinski definition) is 0. The van der Waals surface area contributed by atoms with Crippen LogP contribution in [0.15, 0.2) is 152 Å². The van der Waals surface area contributed by atoms with Gasteiger partial charge in [0.15, 0.2) is 0 Å². The van der Waals surface area contributed by atoms with Gasteiger partial charge in [-0.3, -0.25) is 0 Å².